The van der Waals surface area contributed by atoms with E-state index in [1.807, 2.05) is 68.7 Å². The Labute approximate surface area is 453 Å². The number of nitrogens with two attached hydrogens (primary N) is 1. The number of phenols is 2. The molecule has 0 bridgehead atoms. The van der Waals surface area contributed by atoms with E-state index in [0.717, 1.165) is 46.5 Å². The maximum Gasteiger partial charge on any atom is 0.251 e. The minimum absolute atomic E-state index is 0.0224. The van der Waals surface area contributed by atoms with E-state index in [1.54, 1.807) is 18.2 Å². The number of anilines is 2. The van der Waals surface area contributed by atoms with Crippen LogP contribution in [0.2, 0.25) is 10.0 Å². The lowest BCUT2D eigenvalue weighted by Gasteiger charge is -2.33. The number of hydrogen-bond donors (Lipinski definition) is 8. The van der Waals surface area contributed by atoms with Crippen LogP contribution in [0.1, 0.15) is 58.1 Å². The van der Waals surface area contributed by atoms with E-state index in [9.17, 15) is 34.5 Å². The average molecular weight is 1100 g/mol. The lowest BCUT2D eigenvalue weighted by molar-refractivity contribution is -0.136. The Bertz CT molecular complexity index is 2370. The van der Waals surface area contributed by atoms with Crippen molar-refractivity contribution in [2.75, 3.05) is 130 Å². The van der Waals surface area contributed by atoms with Gasteiger partial charge in [-0.3, -0.25) is 19.2 Å². The molecule has 0 aromatic heterocycles. The lowest BCUT2D eigenvalue weighted by atomic mass is 9.84. The van der Waals surface area contributed by atoms with Crippen molar-refractivity contribution in [3.63, 3.8) is 0 Å². The molecule has 4 unspecified atom stereocenters. The van der Waals surface area contributed by atoms with E-state index in [4.69, 9.17) is 57.4 Å². The summed E-state index contributed by atoms with van der Waals surface area (Å²) in [6, 6.07) is 20.6. The normalized spacial score (nSPS) is 16.3. The molecule has 6 rings (SSSR count). The first kappa shape index (κ1) is 59.8. The van der Waals surface area contributed by atoms with Gasteiger partial charge in [0.2, 0.25) is 17.7 Å². The molecule has 22 heteroatoms. The predicted molar refractivity (Wildman–Crippen MR) is 287 cm³/mol. The molecule has 414 valence electrons. The smallest absolute Gasteiger partial charge is 0.251 e. The van der Waals surface area contributed by atoms with Crippen LogP contribution in [0.3, 0.4) is 0 Å². The molecule has 4 amide bonds. The van der Waals surface area contributed by atoms with Gasteiger partial charge in [-0.15, -0.1) is 0 Å². The number of aliphatic hydroxyl groups excluding tert-OH is 1. The fourth-order valence-electron chi connectivity index (χ4n) is 8.85. The maximum absolute atomic E-state index is 12.7. The van der Waals surface area contributed by atoms with Crippen molar-refractivity contribution >= 4 is 58.2 Å². The first-order valence-corrected chi connectivity index (χ1v) is 26.1. The fraction of sp³-hybridized carbons (Fsp3) is 0.481. The molecule has 4 atom stereocenters. The lowest BCUT2D eigenvalue weighted by Crippen LogP contribution is -2.54. The predicted octanol–water partition coefficient (Wildman–Crippen LogP) is 3.94. The summed E-state index contributed by atoms with van der Waals surface area (Å²) >= 11 is 12.7. The first-order valence-electron chi connectivity index (χ1n) is 25.3. The topological polar surface area (TPSA) is 265 Å². The van der Waals surface area contributed by atoms with Gasteiger partial charge < -0.3 is 80.5 Å². The van der Waals surface area contributed by atoms with Gasteiger partial charge >= 0.3 is 0 Å². The van der Waals surface area contributed by atoms with Gasteiger partial charge in [-0.05, 0) is 90.4 Å². The van der Waals surface area contributed by atoms with Crippen LogP contribution in [0.5, 0.6) is 11.5 Å². The molecule has 0 radical (unpaired) electrons. The van der Waals surface area contributed by atoms with Crippen LogP contribution in [0.15, 0.2) is 72.8 Å². The molecule has 0 aliphatic carbocycles. The molecule has 0 saturated heterocycles. The molecule has 2 aliphatic rings. The summed E-state index contributed by atoms with van der Waals surface area (Å²) in [7, 11) is 4.02. The molecule has 4 aromatic rings. The summed E-state index contributed by atoms with van der Waals surface area (Å²) in [5.41, 5.74) is 12.9. The number of rotatable bonds is 31. The number of aliphatic hydroxyl groups is 1. The molecule has 9 N–H and O–H groups in total. The molecule has 2 aliphatic heterocycles. The Morgan fingerprint density at radius 2 is 1.05 bits per heavy atom. The van der Waals surface area contributed by atoms with Crippen LogP contribution in [0, 0.1) is 0 Å². The summed E-state index contributed by atoms with van der Waals surface area (Å²) in [5.74, 6) is -1.67. The Kier molecular flexibility index (Phi) is 24.4. The maximum atomic E-state index is 12.7. The van der Waals surface area contributed by atoms with Crippen molar-refractivity contribution in [3.8, 4) is 11.5 Å². The van der Waals surface area contributed by atoms with Gasteiger partial charge in [-0.1, -0.05) is 47.5 Å². The van der Waals surface area contributed by atoms with Crippen LogP contribution in [-0.2, 0) is 60.7 Å². The third-order valence-electron chi connectivity index (χ3n) is 12.6. The van der Waals surface area contributed by atoms with E-state index in [2.05, 4.69) is 31.1 Å². The van der Waals surface area contributed by atoms with Crippen LogP contribution >= 0.6 is 23.2 Å². The highest BCUT2D eigenvalue weighted by Crippen LogP contribution is 2.41. The van der Waals surface area contributed by atoms with Crippen molar-refractivity contribution in [3.05, 3.63) is 116 Å². The van der Waals surface area contributed by atoms with Gasteiger partial charge in [0.25, 0.3) is 5.91 Å². The zero-order chi connectivity index (χ0) is 54.4. The van der Waals surface area contributed by atoms with E-state index in [-0.39, 0.29) is 134 Å². The quantitative estimate of drug-likeness (QED) is 0.0332. The van der Waals surface area contributed by atoms with E-state index >= 15 is 0 Å². The molecule has 0 fully saturated rings. The van der Waals surface area contributed by atoms with Crippen molar-refractivity contribution in [2.45, 2.75) is 49.9 Å². The average Bonchev–Trinajstić information content (AvgIpc) is 3.40. The summed E-state index contributed by atoms with van der Waals surface area (Å²) in [4.78, 5) is 54.4. The molecule has 4 aromatic carbocycles. The number of fused-ring (bicyclic) bond motifs is 2. The third kappa shape index (κ3) is 18.9. The van der Waals surface area contributed by atoms with Crippen molar-refractivity contribution in [1.82, 2.24) is 20.4 Å². The molecular formula is C54H71Cl2N7O13. The van der Waals surface area contributed by atoms with Gasteiger partial charge in [0.15, 0.2) is 6.10 Å². The van der Waals surface area contributed by atoms with Crippen LogP contribution in [0.4, 0.5) is 11.4 Å². The minimum atomic E-state index is -1.78. The number of phenolic OH excluding ortho intramolecular Hbond substituents is 2. The molecule has 76 heavy (non-hydrogen) atoms. The number of likely N-dealkylation sites (N-methyl/N-ethyl adjacent to an activating group) is 2. The number of hydrogen-bond acceptors (Lipinski definition) is 16. The highest BCUT2D eigenvalue weighted by atomic mass is 35.5. The number of carbonyl (C=O) groups is 4. The molecule has 0 saturated carbocycles. The zero-order valence-corrected chi connectivity index (χ0v) is 44.5. The van der Waals surface area contributed by atoms with E-state index in [0.29, 0.717) is 41.1 Å². The van der Waals surface area contributed by atoms with Crippen LogP contribution in [0.25, 0.3) is 0 Å². The number of carbonyl (C=O) groups excluding carboxylic acids is 4. The molecule has 2 heterocycles. The summed E-state index contributed by atoms with van der Waals surface area (Å²) < 4.78 is 33.0. The Morgan fingerprint density at radius 3 is 1.57 bits per heavy atom. The highest BCUT2D eigenvalue weighted by molar-refractivity contribution is 6.31. The van der Waals surface area contributed by atoms with Crippen molar-refractivity contribution in [1.29, 1.82) is 0 Å². The summed E-state index contributed by atoms with van der Waals surface area (Å²) in [6.07, 6.45) is -1.47. The van der Waals surface area contributed by atoms with Gasteiger partial charge in [-0.2, -0.15) is 0 Å². The van der Waals surface area contributed by atoms with Gasteiger partial charge in [0.05, 0.1) is 92.1 Å². The second-order valence-corrected chi connectivity index (χ2v) is 19.4. The van der Waals surface area contributed by atoms with E-state index < -0.39 is 24.0 Å². The zero-order valence-electron chi connectivity index (χ0n) is 43.0. The van der Waals surface area contributed by atoms with Crippen LogP contribution < -0.4 is 27.0 Å². The second-order valence-electron chi connectivity index (χ2n) is 18.6. The number of ether oxygens (including phenoxy) is 6. The largest absolute Gasteiger partial charge is 0.508 e. The number of amides is 4. The number of aromatic hydroxyl groups is 2. The fourth-order valence-corrected chi connectivity index (χ4v) is 9.36. The van der Waals surface area contributed by atoms with Crippen molar-refractivity contribution < 1.29 is 62.9 Å². The number of nitrogens with one attached hydrogen (secondary N) is 4. The SMILES string of the molecule is CN1Cc2c(O)cc(Cl)cc2C(c2cccc(NC(=O)CCOCCOCCOCCNC(=O)C(O)C(N)C(=O)NCCOCCOCCOCCC(=O)Nc3cccc(C4CN(C)Cc5c(Cl)cc(O)cc54)c3)c2)C1. The minimum Gasteiger partial charge on any atom is -0.508 e. The Morgan fingerprint density at radius 1 is 0.605 bits per heavy atom. The number of nitrogens with zero attached hydrogens (tertiary/aromatic N) is 2. The Hall–Kier alpha value is -5.46. The monoisotopic (exact) mass is 1100 g/mol. The Balaban J connectivity index is 0.703. The summed E-state index contributed by atoms with van der Waals surface area (Å²) in [6.45, 7) is 5.80. The van der Waals surface area contributed by atoms with Crippen molar-refractivity contribution in [2.24, 2.45) is 5.73 Å². The third-order valence-corrected chi connectivity index (χ3v) is 13.2. The number of benzene rings is 4. The first-order chi connectivity index (χ1) is 36.7. The number of halogens is 2. The second kappa shape index (κ2) is 31.1. The summed E-state index contributed by atoms with van der Waals surface area (Å²) in [5, 5.41) is 42.9. The molecule has 20 nitrogen and oxygen atoms in total. The van der Waals surface area contributed by atoms with E-state index in [1.165, 1.54) is 0 Å². The molecule has 0 spiro atoms. The van der Waals surface area contributed by atoms with Gasteiger partial charge in [0, 0.05) is 78.1 Å². The highest BCUT2D eigenvalue weighted by Gasteiger charge is 2.30. The molecular weight excluding hydrogens is 1030 g/mol. The van der Waals surface area contributed by atoms with Gasteiger partial charge in [0.1, 0.15) is 17.5 Å². The van der Waals surface area contributed by atoms with Crippen LogP contribution in [-0.4, -0.2) is 180 Å². The van der Waals surface area contributed by atoms with Gasteiger partial charge in [-0.25, -0.2) is 0 Å². The standard InChI is InChI=1S/C54H71Cl2N7O13/c1-62-32-44(42-29-40(64)30-47(56)45(42)33-62)36-6-4-8-39(26-36)61-50(67)10-14-72-17-21-75-23-19-73-15-11-58-53(69)51(57)52(68)54(70)59-12-16-74-20-24-76-22-18-71-13-9-49(66)60-38-7-3-5-35(25-38)43-31-63(2)34-46-41(43)27-37(55)28-48(46)65/h3-8,25-30,43-44,51-52,64-65,68H,9-24,31-34,57H2,1-2H3,(H,58,69)(H,59,70)(H,60,66)(H,61,67).